The summed E-state index contributed by atoms with van der Waals surface area (Å²) in [6.07, 6.45) is 4.00. The maximum atomic E-state index is 12.6. The zero-order chi connectivity index (χ0) is 17.9. The maximum absolute atomic E-state index is 12.6. The second-order valence-electron chi connectivity index (χ2n) is 6.91. The van der Waals surface area contributed by atoms with Crippen LogP contribution < -0.4 is 10.1 Å². The fourth-order valence-corrected chi connectivity index (χ4v) is 3.61. The Balaban J connectivity index is 1.48. The van der Waals surface area contributed by atoms with Crippen molar-refractivity contribution >= 4 is 22.4 Å². The van der Waals surface area contributed by atoms with Crippen LogP contribution in [0.5, 0.6) is 5.75 Å². The smallest absolute Gasteiger partial charge is 0.265 e. The molecule has 0 fully saturated rings. The van der Waals surface area contributed by atoms with Crippen molar-refractivity contribution in [1.82, 2.24) is 0 Å². The molecule has 3 nitrogen and oxygen atoms in total. The quantitative estimate of drug-likeness (QED) is 0.712. The molecule has 0 unspecified atom stereocenters. The first-order valence-corrected chi connectivity index (χ1v) is 9.28. The second kappa shape index (κ2) is 7.20. The highest BCUT2D eigenvalue weighted by Crippen LogP contribution is 2.30. The number of anilines is 1. The van der Waals surface area contributed by atoms with E-state index in [1.54, 1.807) is 6.92 Å². The summed E-state index contributed by atoms with van der Waals surface area (Å²) >= 11 is 0. The van der Waals surface area contributed by atoms with Gasteiger partial charge in [0.25, 0.3) is 5.91 Å². The van der Waals surface area contributed by atoms with Crippen molar-refractivity contribution in [1.29, 1.82) is 0 Å². The molecule has 0 radical (unpaired) electrons. The van der Waals surface area contributed by atoms with Gasteiger partial charge in [0.05, 0.1) is 0 Å². The van der Waals surface area contributed by atoms with Gasteiger partial charge in [-0.15, -0.1) is 0 Å². The Bertz CT molecular complexity index is 948. The molecule has 0 bridgehead atoms. The molecule has 1 amide bonds. The Morgan fingerprint density at radius 3 is 2.65 bits per heavy atom. The highest BCUT2D eigenvalue weighted by molar-refractivity contribution is 5.96. The van der Waals surface area contributed by atoms with Gasteiger partial charge in [-0.2, -0.15) is 0 Å². The number of nitrogens with one attached hydrogen (secondary N) is 1. The number of hydrogen-bond donors (Lipinski definition) is 1. The van der Waals surface area contributed by atoms with Gasteiger partial charge in [0.15, 0.2) is 6.10 Å². The van der Waals surface area contributed by atoms with Gasteiger partial charge >= 0.3 is 0 Å². The lowest BCUT2D eigenvalue weighted by atomic mass is 9.91. The van der Waals surface area contributed by atoms with Gasteiger partial charge in [-0.3, -0.25) is 4.79 Å². The largest absolute Gasteiger partial charge is 0.481 e. The molecule has 3 aromatic rings. The lowest BCUT2D eigenvalue weighted by Gasteiger charge is -2.22. The number of ether oxygens (including phenoxy) is 1. The van der Waals surface area contributed by atoms with Gasteiger partial charge in [-0.05, 0) is 72.7 Å². The van der Waals surface area contributed by atoms with Crippen molar-refractivity contribution in [2.24, 2.45) is 0 Å². The van der Waals surface area contributed by atoms with Crippen LogP contribution in [0.3, 0.4) is 0 Å². The third kappa shape index (κ3) is 3.43. The minimum atomic E-state index is -0.546. The molecule has 0 saturated carbocycles. The average molecular weight is 345 g/mol. The topological polar surface area (TPSA) is 38.3 Å². The van der Waals surface area contributed by atoms with Crippen LogP contribution in [-0.2, 0) is 17.6 Å². The molecule has 3 heteroatoms. The van der Waals surface area contributed by atoms with Gasteiger partial charge < -0.3 is 10.1 Å². The van der Waals surface area contributed by atoms with E-state index in [1.165, 1.54) is 24.0 Å². The van der Waals surface area contributed by atoms with E-state index in [1.807, 2.05) is 48.5 Å². The summed E-state index contributed by atoms with van der Waals surface area (Å²) in [5.74, 6) is 0.719. The molecule has 1 atom stereocenters. The summed E-state index contributed by atoms with van der Waals surface area (Å²) in [6.45, 7) is 1.80. The number of fused-ring (bicyclic) bond motifs is 2. The van der Waals surface area contributed by atoms with Crippen molar-refractivity contribution in [3.05, 3.63) is 71.8 Å². The molecule has 1 aliphatic rings. The van der Waals surface area contributed by atoms with Crippen molar-refractivity contribution in [3.8, 4) is 5.75 Å². The molecule has 3 aromatic carbocycles. The first-order chi connectivity index (χ1) is 12.7. The molecule has 132 valence electrons. The van der Waals surface area contributed by atoms with Crippen LogP contribution >= 0.6 is 0 Å². The van der Waals surface area contributed by atoms with E-state index in [2.05, 4.69) is 17.4 Å². The van der Waals surface area contributed by atoms with E-state index < -0.39 is 6.10 Å². The number of rotatable bonds is 4. The zero-order valence-corrected chi connectivity index (χ0v) is 15.0. The van der Waals surface area contributed by atoms with Crippen LogP contribution in [-0.4, -0.2) is 12.0 Å². The minimum Gasteiger partial charge on any atom is -0.481 e. The number of carbonyl (C=O) groups excluding carboxylic acids is 1. The number of aryl methyl sites for hydroxylation is 1. The molecule has 1 aliphatic carbocycles. The predicted octanol–water partition coefficient (Wildman–Crippen LogP) is 5.12. The van der Waals surface area contributed by atoms with E-state index in [9.17, 15) is 4.79 Å². The highest BCUT2D eigenvalue weighted by atomic mass is 16.5. The van der Waals surface area contributed by atoms with Crippen molar-refractivity contribution < 1.29 is 9.53 Å². The van der Waals surface area contributed by atoms with Crippen LogP contribution in [0, 0.1) is 0 Å². The van der Waals surface area contributed by atoms with Crippen LogP contribution in [0.25, 0.3) is 10.8 Å². The molecule has 0 aromatic heterocycles. The van der Waals surface area contributed by atoms with Crippen LogP contribution in [0.4, 0.5) is 5.69 Å². The first-order valence-electron chi connectivity index (χ1n) is 9.28. The Morgan fingerprint density at radius 1 is 0.962 bits per heavy atom. The molecule has 0 saturated heterocycles. The van der Waals surface area contributed by atoms with Crippen molar-refractivity contribution in [3.63, 3.8) is 0 Å². The van der Waals surface area contributed by atoms with Crippen LogP contribution in [0.2, 0.25) is 0 Å². The van der Waals surface area contributed by atoms with Crippen molar-refractivity contribution in [2.75, 3.05) is 5.32 Å². The van der Waals surface area contributed by atoms with E-state index in [0.29, 0.717) is 0 Å². The highest BCUT2D eigenvalue weighted by Gasteiger charge is 2.19. The molecule has 0 aliphatic heterocycles. The fourth-order valence-electron chi connectivity index (χ4n) is 3.61. The molecular formula is C23H23NO2. The third-order valence-corrected chi connectivity index (χ3v) is 5.04. The molecular weight excluding hydrogens is 322 g/mol. The maximum Gasteiger partial charge on any atom is 0.265 e. The Labute approximate surface area is 154 Å². The standard InChI is InChI=1S/C23H23NO2/c1-16(26-22-12-6-10-18-8-4-5-11-21(18)22)23(25)24-20-14-13-17-7-2-3-9-19(17)15-20/h2-3,6-7,9-10,12-16H,4-5,8,11H2,1H3,(H,24,25)/t16-/m1/s1. The monoisotopic (exact) mass is 345 g/mol. The lowest BCUT2D eigenvalue weighted by Crippen LogP contribution is -2.30. The SMILES string of the molecule is C[C@@H](Oc1cccc2c1CCCC2)C(=O)Nc1ccc2ccccc2c1. The molecule has 26 heavy (non-hydrogen) atoms. The first kappa shape index (κ1) is 16.6. The van der Waals surface area contributed by atoms with E-state index in [4.69, 9.17) is 4.74 Å². The second-order valence-corrected chi connectivity index (χ2v) is 6.91. The Morgan fingerprint density at radius 2 is 1.77 bits per heavy atom. The predicted molar refractivity (Wildman–Crippen MR) is 106 cm³/mol. The molecule has 4 rings (SSSR count). The summed E-state index contributed by atoms with van der Waals surface area (Å²) in [5, 5.41) is 5.24. The molecule has 0 heterocycles. The van der Waals surface area contributed by atoms with Crippen LogP contribution in [0.1, 0.15) is 30.9 Å². The lowest BCUT2D eigenvalue weighted by molar-refractivity contribution is -0.122. The normalized spacial score (nSPS) is 14.5. The number of benzene rings is 3. The Kier molecular flexibility index (Phi) is 4.61. The summed E-state index contributed by atoms with van der Waals surface area (Å²) in [6, 6.07) is 20.2. The van der Waals surface area contributed by atoms with E-state index in [0.717, 1.165) is 35.1 Å². The third-order valence-electron chi connectivity index (χ3n) is 5.04. The van der Waals surface area contributed by atoms with Gasteiger partial charge in [-0.1, -0.05) is 42.5 Å². The van der Waals surface area contributed by atoms with Gasteiger partial charge in [-0.25, -0.2) is 0 Å². The van der Waals surface area contributed by atoms with Crippen LogP contribution in [0.15, 0.2) is 60.7 Å². The summed E-state index contributed by atoms with van der Waals surface area (Å²) < 4.78 is 6.02. The van der Waals surface area contributed by atoms with E-state index >= 15 is 0 Å². The zero-order valence-electron chi connectivity index (χ0n) is 15.0. The van der Waals surface area contributed by atoms with Gasteiger partial charge in [0.1, 0.15) is 5.75 Å². The fraction of sp³-hybridized carbons (Fsp3) is 0.261. The van der Waals surface area contributed by atoms with Crippen molar-refractivity contribution in [2.45, 2.75) is 38.7 Å². The number of hydrogen-bond acceptors (Lipinski definition) is 2. The number of carbonyl (C=O) groups is 1. The average Bonchev–Trinajstić information content (AvgIpc) is 2.68. The van der Waals surface area contributed by atoms with Gasteiger partial charge in [0.2, 0.25) is 0 Å². The molecule has 1 N–H and O–H groups in total. The minimum absolute atomic E-state index is 0.131. The molecule has 0 spiro atoms. The van der Waals surface area contributed by atoms with E-state index in [-0.39, 0.29) is 5.91 Å². The summed E-state index contributed by atoms with van der Waals surface area (Å²) in [4.78, 5) is 12.6. The number of amides is 1. The summed E-state index contributed by atoms with van der Waals surface area (Å²) in [5.41, 5.74) is 3.42. The van der Waals surface area contributed by atoms with Gasteiger partial charge in [0, 0.05) is 5.69 Å². The Hall–Kier alpha value is -2.81. The summed E-state index contributed by atoms with van der Waals surface area (Å²) in [7, 11) is 0.